The van der Waals surface area contributed by atoms with Crippen molar-refractivity contribution in [2.75, 3.05) is 7.11 Å². The van der Waals surface area contributed by atoms with Gasteiger partial charge in [-0.25, -0.2) is 4.99 Å². The zero-order valence-corrected chi connectivity index (χ0v) is 19.0. The van der Waals surface area contributed by atoms with E-state index >= 15 is 0 Å². The summed E-state index contributed by atoms with van der Waals surface area (Å²) in [6, 6.07) is 11.4. The average molecular weight is 508 g/mol. The maximum atomic E-state index is 13.0. The summed E-state index contributed by atoms with van der Waals surface area (Å²) < 4.78 is 5.88. The Labute approximate surface area is 182 Å². The second-order valence-corrected chi connectivity index (χ2v) is 8.83. The fourth-order valence-corrected chi connectivity index (χ4v) is 4.48. The molecule has 0 spiro atoms. The van der Waals surface area contributed by atoms with Crippen LogP contribution in [0.25, 0.3) is 6.08 Å². The molecule has 3 rings (SSSR count). The van der Waals surface area contributed by atoms with E-state index in [4.69, 9.17) is 4.74 Å². The molecule has 0 unspecified atom stereocenters. The van der Waals surface area contributed by atoms with Crippen molar-refractivity contribution >= 4 is 57.2 Å². The van der Waals surface area contributed by atoms with Gasteiger partial charge in [0.25, 0.3) is 5.91 Å². The number of aryl methyl sites for hydroxylation is 1. The topological polar surface area (TPSA) is 62.1 Å². The van der Waals surface area contributed by atoms with Crippen molar-refractivity contribution in [2.45, 2.75) is 26.8 Å². The lowest BCUT2D eigenvalue weighted by Gasteiger charge is -2.19. The van der Waals surface area contributed by atoms with Gasteiger partial charge in [-0.1, -0.05) is 17.7 Å². The van der Waals surface area contributed by atoms with Crippen molar-refractivity contribution in [3.8, 4) is 11.5 Å². The lowest BCUT2D eigenvalue weighted by molar-refractivity contribution is -0.123. The van der Waals surface area contributed by atoms with Gasteiger partial charge in [-0.3, -0.25) is 9.69 Å². The molecule has 0 bridgehead atoms. The van der Waals surface area contributed by atoms with Gasteiger partial charge in [0.15, 0.2) is 16.7 Å². The lowest BCUT2D eigenvalue weighted by Crippen LogP contribution is -2.35. The molecule has 5 nitrogen and oxygen atoms in total. The number of phenols is 1. The molecule has 1 saturated heterocycles. The summed E-state index contributed by atoms with van der Waals surface area (Å²) in [5.74, 6) is 0.400. The Balaban J connectivity index is 1.99. The molecule has 28 heavy (non-hydrogen) atoms. The van der Waals surface area contributed by atoms with Crippen LogP contribution in [0.15, 0.2) is 46.3 Å². The molecule has 1 heterocycles. The van der Waals surface area contributed by atoms with Crippen LogP contribution in [0.2, 0.25) is 0 Å². The van der Waals surface area contributed by atoms with Gasteiger partial charge in [-0.2, -0.15) is 0 Å². The Hall–Kier alpha value is -2.00. The number of amides is 1. The van der Waals surface area contributed by atoms with Gasteiger partial charge < -0.3 is 9.84 Å². The summed E-state index contributed by atoms with van der Waals surface area (Å²) in [6.45, 7) is 5.97. The smallest absolute Gasteiger partial charge is 0.266 e. The molecule has 2 aromatic carbocycles. The molecule has 0 aromatic heterocycles. The van der Waals surface area contributed by atoms with Crippen LogP contribution < -0.4 is 4.74 Å². The molecule has 146 valence electrons. The summed E-state index contributed by atoms with van der Waals surface area (Å²) in [4.78, 5) is 20.0. The minimum Gasteiger partial charge on any atom is -0.504 e. The number of halogens is 1. The van der Waals surface area contributed by atoms with E-state index in [2.05, 4.69) is 4.99 Å². The van der Waals surface area contributed by atoms with Crippen LogP contribution in [0.1, 0.15) is 25.0 Å². The highest BCUT2D eigenvalue weighted by Crippen LogP contribution is 2.38. The molecule has 0 saturated carbocycles. The average Bonchev–Trinajstić information content (AvgIpc) is 2.95. The van der Waals surface area contributed by atoms with Gasteiger partial charge in [0.05, 0.1) is 21.3 Å². The van der Waals surface area contributed by atoms with E-state index in [1.54, 1.807) is 11.0 Å². The van der Waals surface area contributed by atoms with Crippen LogP contribution in [-0.2, 0) is 4.79 Å². The fourth-order valence-electron chi connectivity index (χ4n) is 2.73. The fraction of sp³-hybridized carbons (Fsp3) is 0.238. The molecule has 1 fully saturated rings. The summed E-state index contributed by atoms with van der Waals surface area (Å²) in [6.07, 6.45) is 1.81. The van der Waals surface area contributed by atoms with Gasteiger partial charge in [0.2, 0.25) is 0 Å². The number of benzene rings is 2. The van der Waals surface area contributed by atoms with Crippen LogP contribution in [0.3, 0.4) is 0 Å². The van der Waals surface area contributed by atoms with E-state index in [1.165, 1.54) is 18.9 Å². The molecule has 0 aliphatic carbocycles. The zero-order chi connectivity index (χ0) is 20.4. The van der Waals surface area contributed by atoms with Crippen molar-refractivity contribution in [2.24, 2.45) is 4.99 Å². The number of amidine groups is 1. The zero-order valence-electron chi connectivity index (χ0n) is 16.1. The van der Waals surface area contributed by atoms with Gasteiger partial charge in [0.1, 0.15) is 0 Å². The molecule has 1 N–H and O–H groups in total. The van der Waals surface area contributed by atoms with E-state index in [-0.39, 0.29) is 17.7 Å². The largest absolute Gasteiger partial charge is 0.504 e. The first-order valence-electron chi connectivity index (χ1n) is 8.75. The third kappa shape index (κ3) is 4.35. The molecule has 1 aliphatic rings. The molecule has 0 atom stereocenters. The monoisotopic (exact) mass is 508 g/mol. The molecular formula is C21H21IN2O3S. The number of rotatable bonds is 4. The predicted molar refractivity (Wildman–Crippen MR) is 123 cm³/mol. The van der Waals surface area contributed by atoms with Crippen LogP contribution in [-0.4, -0.2) is 34.2 Å². The second kappa shape index (κ2) is 8.57. The molecule has 1 aliphatic heterocycles. The highest BCUT2D eigenvalue weighted by Gasteiger charge is 2.35. The minimum absolute atomic E-state index is 0.00964. The number of methoxy groups -OCH3 is 1. The highest BCUT2D eigenvalue weighted by atomic mass is 127. The maximum absolute atomic E-state index is 13.0. The van der Waals surface area contributed by atoms with Gasteiger partial charge >= 0.3 is 0 Å². The number of nitrogens with zero attached hydrogens (tertiary/aromatic N) is 2. The Bertz CT molecular complexity index is 968. The maximum Gasteiger partial charge on any atom is 0.266 e. The van der Waals surface area contributed by atoms with E-state index in [0.717, 1.165) is 16.8 Å². The van der Waals surface area contributed by atoms with Crippen molar-refractivity contribution in [3.63, 3.8) is 0 Å². The van der Waals surface area contributed by atoms with E-state index in [1.807, 2.05) is 79.8 Å². The first kappa shape index (κ1) is 20.7. The number of hydrogen-bond acceptors (Lipinski definition) is 5. The summed E-state index contributed by atoms with van der Waals surface area (Å²) in [5.41, 5.74) is 2.76. The molecule has 2 aromatic rings. The van der Waals surface area contributed by atoms with Gasteiger partial charge in [-0.15, -0.1) is 0 Å². The Morgan fingerprint density at radius 3 is 2.54 bits per heavy atom. The second-order valence-electron chi connectivity index (χ2n) is 6.66. The summed E-state index contributed by atoms with van der Waals surface area (Å²) in [7, 11) is 1.50. The Kier molecular flexibility index (Phi) is 6.34. The number of phenolic OH excluding ortho intramolecular Hbond substituents is 1. The molecule has 1 amide bonds. The van der Waals surface area contributed by atoms with E-state index < -0.39 is 0 Å². The number of ether oxygens (including phenoxy) is 1. The minimum atomic E-state index is -0.0760. The number of thioether (sulfide) groups is 1. The quantitative estimate of drug-likeness (QED) is 0.448. The van der Waals surface area contributed by atoms with Crippen molar-refractivity contribution in [1.82, 2.24) is 4.90 Å². The van der Waals surface area contributed by atoms with Crippen molar-refractivity contribution < 1.29 is 14.6 Å². The molecular weight excluding hydrogens is 487 g/mol. The normalized spacial score (nSPS) is 17.2. The number of aliphatic imine (C=N–C) groups is 1. The van der Waals surface area contributed by atoms with Crippen molar-refractivity contribution in [1.29, 1.82) is 0 Å². The first-order chi connectivity index (χ1) is 13.3. The number of carbonyl (C=O) groups is 1. The molecule has 7 heteroatoms. The predicted octanol–water partition coefficient (Wildman–Crippen LogP) is 5.33. The third-order valence-corrected chi connectivity index (χ3v) is 5.99. The number of aromatic hydroxyl groups is 1. The molecule has 0 radical (unpaired) electrons. The Morgan fingerprint density at radius 2 is 1.93 bits per heavy atom. The first-order valence-corrected chi connectivity index (χ1v) is 10.6. The lowest BCUT2D eigenvalue weighted by atomic mass is 10.2. The number of carbonyl (C=O) groups excluding carboxylic acids is 1. The van der Waals surface area contributed by atoms with E-state index in [9.17, 15) is 9.90 Å². The Morgan fingerprint density at radius 1 is 1.25 bits per heavy atom. The van der Waals surface area contributed by atoms with Gasteiger partial charge in [-0.05, 0) is 91.0 Å². The SMILES string of the molecule is COc1cc(/C=C2/SC(=Nc3ccc(C)cc3)N(C(C)C)C2=O)cc(I)c1O. The van der Waals surface area contributed by atoms with Crippen molar-refractivity contribution in [3.05, 3.63) is 56.0 Å². The number of hydrogen-bond donors (Lipinski definition) is 1. The van der Waals surface area contributed by atoms with Crippen LogP contribution in [0.4, 0.5) is 5.69 Å². The van der Waals surface area contributed by atoms with Crippen LogP contribution in [0, 0.1) is 10.5 Å². The summed E-state index contributed by atoms with van der Waals surface area (Å²) in [5, 5.41) is 10.7. The third-order valence-electron chi connectivity index (χ3n) is 4.18. The standard InChI is InChI=1S/C21H21IN2O3S/c1-12(2)24-20(26)18(11-14-9-16(22)19(25)17(10-14)27-4)28-21(24)23-15-7-5-13(3)6-8-15/h5-12,25H,1-4H3/b18-11+,23-21?. The highest BCUT2D eigenvalue weighted by molar-refractivity contribution is 14.1. The van der Waals surface area contributed by atoms with Crippen LogP contribution in [0.5, 0.6) is 11.5 Å². The van der Waals surface area contributed by atoms with Crippen LogP contribution >= 0.6 is 34.4 Å². The summed E-state index contributed by atoms with van der Waals surface area (Å²) >= 11 is 3.40. The van der Waals surface area contributed by atoms with Gasteiger partial charge in [0, 0.05) is 6.04 Å². The van der Waals surface area contributed by atoms with E-state index in [0.29, 0.717) is 19.4 Å².